The summed E-state index contributed by atoms with van der Waals surface area (Å²) in [5.74, 6) is 2.00. The minimum Gasteiger partial charge on any atom is -0.457 e. The molecule has 0 saturated carbocycles. The fourth-order valence-corrected chi connectivity index (χ4v) is 2.86. The van der Waals surface area contributed by atoms with E-state index in [4.69, 9.17) is 10.5 Å². The quantitative estimate of drug-likeness (QED) is 0.654. The molecule has 0 aromatic heterocycles. The number of nitrogens with zero attached hydrogens (tertiary/aromatic N) is 2. The molecule has 1 aliphatic heterocycles. The van der Waals surface area contributed by atoms with E-state index in [9.17, 15) is 0 Å². The summed E-state index contributed by atoms with van der Waals surface area (Å²) in [5.41, 5.74) is 6.88. The molecule has 2 aromatic rings. The van der Waals surface area contributed by atoms with Crippen LogP contribution in [-0.4, -0.2) is 37.0 Å². The molecule has 3 rings (SSSR count). The number of hydrogen-bond donors (Lipinski definition) is 2. The van der Waals surface area contributed by atoms with Crippen molar-refractivity contribution in [2.45, 2.75) is 18.9 Å². The van der Waals surface area contributed by atoms with Crippen molar-refractivity contribution < 1.29 is 4.74 Å². The summed E-state index contributed by atoms with van der Waals surface area (Å²) in [5, 5.41) is 3.14. The molecule has 1 saturated heterocycles. The summed E-state index contributed by atoms with van der Waals surface area (Å²) in [7, 11) is 2.14. The number of guanidine groups is 1. The van der Waals surface area contributed by atoms with Crippen molar-refractivity contribution in [1.82, 2.24) is 4.90 Å². The third kappa shape index (κ3) is 4.49. The van der Waals surface area contributed by atoms with Gasteiger partial charge in [-0.05, 0) is 50.7 Å². The van der Waals surface area contributed by atoms with Crippen LogP contribution in [0.2, 0.25) is 0 Å². The Morgan fingerprint density at radius 3 is 2.75 bits per heavy atom. The van der Waals surface area contributed by atoms with Gasteiger partial charge in [-0.2, -0.15) is 0 Å². The maximum atomic E-state index is 6.01. The summed E-state index contributed by atoms with van der Waals surface area (Å²) in [6.07, 6.45) is 2.43. The van der Waals surface area contributed by atoms with Crippen molar-refractivity contribution in [2.24, 2.45) is 10.7 Å². The van der Waals surface area contributed by atoms with Crippen molar-refractivity contribution >= 4 is 11.6 Å². The molecule has 126 valence electrons. The number of ether oxygens (including phenoxy) is 1. The first-order chi connectivity index (χ1) is 11.7. The fraction of sp³-hybridized carbons (Fsp3) is 0.316. The zero-order valence-corrected chi connectivity index (χ0v) is 14.0. The maximum absolute atomic E-state index is 6.01. The number of likely N-dealkylation sites (N-methyl/N-ethyl adjacent to an activating group) is 1. The van der Waals surface area contributed by atoms with Gasteiger partial charge in [0.15, 0.2) is 5.96 Å². The average Bonchev–Trinajstić information content (AvgIpc) is 2.99. The standard InChI is InChI=1S/C19H24N4O/c1-23-12-6-8-16(23)14-21-19(20)22-15-7-5-11-18(13-15)24-17-9-3-2-4-10-17/h2-5,7,9-11,13,16H,6,8,12,14H2,1H3,(H3,20,21,22). The lowest BCUT2D eigenvalue weighted by atomic mass is 10.2. The number of benzene rings is 2. The predicted octanol–water partition coefficient (Wildman–Crippen LogP) is 3.30. The Bertz CT molecular complexity index is 687. The second-order valence-electron chi connectivity index (χ2n) is 6.07. The van der Waals surface area contributed by atoms with Crippen molar-refractivity contribution in [3.63, 3.8) is 0 Å². The number of rotatable bonds is 5. The zero-order valence-electron chi connectivity index (χ0n) is 14.0. The Balaban J connectivity index is 1.59. The number of nitrogens with one attached hydrogen (secondary N) is 1. The molecule has 1 heterocycles. The summed E-state index contributed by atoms with van der Waals surface area (Å²) < 4.78 is 5.83. The molecule has 0 aliphatic carbocycles. The molecule has 0 spiro atoms. The van der Waals surface area contributed by atoms with Crippen molar-refractivity contribution in [3.8, 4) is 11.5 Å². The van der Waals surface area contributed by atoms with Gasteiger partial charge in [0, 0.05) is 17.8 Å². The van der Waals surface area contributed by atoms with Gasteiger partial charge in [-0.1, -0.05) is 24.3 Å². The first kappa shape index (κ1) is 16.3. The van der Waals surface area contributed by atoms with Crippen LogP contribution in [0.15, 0.2) is 59.6 Å². The van der Waals surface area contributed by atoms with Crippen molar-refractivity contribution in [1.29, 1.82) is 0 Å². The van der Waals surface area contributed by atoms with E-state index in [2.05, 4.69) is 22.3 Å². The Morgan fingerprint density at radius 1 is 1.21 bits per heavy atom. The van der Waals surface area contributed by atoms with E-state index in [0.29, 0.717) is 12.0 Å². The minimum absolute atomic E-state index is 0.437. The molecule has 0 bridgehead atoms. The topological polar surface area (TPSA) is 62.9 Å². The third-order valence-electron chi connectivity index (χ3n) is 4.23. The molecule has 1 aliphatic rings. The number of hydrogen-bond acceptors (Lipinski definition) is 3. The highest BCUT2D eigenvalue weighted by Crippen LogP contribution is 2.23. The normalized spacial score (nSPS) is 18.5. The maximum Gasteiger partial charge on any atom is 0.193 e. The summed E-state index contributed by atoms with van der Waals surface area (Å²) in [4.78, 5) is 6.80. The van der Waals surface area contributed by atoms with Gasteiger partial charge in [0.1, 0.15) is 11.5 Å². The molecule has 2 aromatic carbocycles. The lowest BCUT2D eigenvalue weighted by Crippen LogP contribution is -2.30. The molecule has 0 radical (unpaired) electrons. The lowest BCUT2D eigenvalue weighted by molar-refractivity contribution is 0.317. The molecule has 5 heteroatoms. The van der Waals surface area contributed by atoms with Crippen LogP contribution in [0, 0.1) is 0 Å². The van der Waals surface area contributed by atoms with Crippen molar-refractivity contribution in [2.75, 3.05) is 25.5 Å². The summed E-state index contributed by atoms with van der Waals surface area (Å²) in [6.45, 7) is 1.88. The molecule has 3 N–H and O–H groups in total. The smallest absolute Gasteiger partial charge is 0.193 e. The minimum atomic E-state index is 0.437. The molecular weight excluding hydrogens is 300 g/mol. The highest BCUT2D eigenvalue weighted by molar-refractivity contribution is 5.92. The second kappa shape index (κ2) is 7.84. The van der Waals surface area contributed by atoms with E-state index in [1.807, 2.05) is 54.6 Å². The van der Waals surface area contributed by atoms with Crippen LogP contribution >= 0.6 is 0 Å². The Kier molecular flexibility index (Phi) is 5.33. The van der Waals surface area contributed by atoms with Gasteiger partial charge in [0.05, 0.1) is 6.54 Å². The lowest BCUT2D eigenvalue weighted by Gasteiger charge is -2.17. The number of likely N-dealkylation sites (tertiary alicyclic amines) is 1. The molecule has 24 heavy (non-hydrogen) atoms. The van der Waals surface area contributed by atoms with E-state index in [-0.39, 0.29) is 0 Å². The number of aliphatic imine (C=N–C) groups is 1. The monoisotopic (exact) mass is 324 g/mol. The Hall–Kier alpha value is -2.53. The molecule has 5 nitrogen and oxygen atoms in total. The average molecular weight is 324 g/mol. The Morgan fingerprint density at radius 2 is 2.00 bits per heavy atom. The molecular formula is C19H24N4O. The highest BCUT2D eigenvalue weighted by atomic mass is 16.5. The van der Waals surface area contributed by atoms with Gasteiger partial charge in [0.2, 0.25) is 0 Å². The van der Waals surface area contributed by atoms with Crippen LogP contribution in [0.5, 0.6) is 11.5 Å². The molecule has 1 atom stereocenters. The van der Waals surface area contributed by atoms with Crippen molar-refractivity contribution in [3.05, 3.63) is 54.6 Å². The molecule has 0 amide bonds. The van der Waals surface area contributed by atoms with E-state index in [1.165, 1.54) is 12.8 Å². The third-order valence-corrected chi connectivity index (χ3v) is 4.23. The van der Waals surface area contributed by atoms with E-state index < -0.39 is 0 Å². The second-order valence-corrected chi connectivity index (χ2v) is 6.07. The first-order valence-corrected chi connectivity index (χ1v) is 8.31. The SMILES string of the molecule is CN1CCCC1CN=C(N)Nc1cccc(Oc2ccccc2)c1. The summed E-state index contributed by atoms with van der Waals surface area (Å²) >= 11 is 0. The zero-order chi connectivity index (χ0) is 16.8. The van der Waals surface area contributed by atoms with Gasteiger partial charge >= 0.3 is 0 Å². The van der Waals surface area contributed by atoms with Gasteiger partial charge in [-0.25, -0.2) is 0 Å². The molecule has 1 fully saturated rings. The molecule has 1 unspecified atom stereocenters. The van der Waals surface area contributed by atoms with Gasteiger partial charge in [-0.3, -0.25) is 4.99 Å². The summed E-state index contributed by atoms with van der Waals surface area (Å²) in [6, 6.07) is 17.9. The van der Waals surface area contributed by atoms with Gasteiger partial charge in [-0.15, -0.1) is 0 Å². The van der Waals surface area contributed by atoms with Crippen LogP contribution < -0.4 is 15.8 Å². The van der Waals surface area contributed by atoms with Crippen LogP contribution in [-0.2, 0) is 0 Å². The van der Waals surface area contributed by atoms with Crippen LogP contribution in [0.3, 0.4) is 0 Å². The van der Waals surface area contributed by atoms with E-state index >= 15 is 0 Å². The number of anilines is 1. The van der Waals surface area contributed by atoms with Crippen LogP contribution in [0.1, 0.15) is 12.8 Å². The van der Waals surface area contributed by atoms with E-state index in [0.717, 1.165) is 30.3 Å². The number of para-hydroxylation sites is 1. The van der Waals surface area contributed by atoms with Crippen LogP contribution in [0.25, 0.3) is 0 Å². The fourth-order valence-electron chi connectivity index (χ4n) is 2.86. The van der Waals surface area contributed by atoms with E-state index in [1.54, 1.807) is 0 Å². The van der Waals surface area contributed by atoms with Gasteiger partial charge in [0.25, 0.3) is 0 Å². The predicted molar refractivity (Wildman–Crippen MR) is 98.7 cm³/mol. The number of nitrogens with two attached hydrogens (primary N) is 1. The van der Waals surface area contributed by atoms with Crippen LogP contribution in [0.4, 0.5) is 5.69 Å². The Labute approximate surface area is 143 Å². The largest absolute Gasteiger partial charge is 0.457 e. The first-order valence-electron chi connectivity index (χ1n) is 8.31. The highest BCUT2D eigenvalue weighted by Gasteiger charge is 2.20. The van der Waals surface area contributed by atoms with Gasteiger partial charge < -0.3 is 20.7 Å².